The fourth-order valence-electron chi connectivity index (χ4n) is 4.33. The molecule has 0 bridgehead atoms. The number of hydrogen-bond donors (Lipinski definition) is 2. The van der Waals surface area contributed by atoms with Crippen LogP contribution in [0.1, 0.15) is 44.1 Å². The summed E-state index contributed by atoms with van der Waals surface area (Å²) in [6.45, 7) is 0. The second kappa shape index (κ2) is 9.03. The van der Waals surface area contributed by atoms with E-state index in [9.17, 15) is 24.6 Å². The Hall–Kier alpha value is -2.95. The number of carbonyl (C=O) groups excluding carboxylic acids is 1. The third-order valence-corrected chi connectivity index (χ3v) is 5.97. The van der Waals surface area contributed by atoms with Gasteiger partial charge in [0.25, 0.3) is 0 Å². The number of carbonyl (C=O) groups is 3. The van der Waals surface area contributed by atoms with Gasteiger partial charge < -0.3 is 10.2 Å². The van der Waals surface area contributed by atoms with Gasteiger partial charge in [-0.25, -0.2) is 0 Å². The lowest BCUT2D eigenvalue weighted by molar-refractivity contribution is -0.147. The first-order valence-corrected chi connectivity index (χ1v) is 10.0. The second-order valence-corrected chi connectivity index (χ2v) is 7.99. The number of aliphatic carboxylic acids is 2. The summed E-state index contributed by atoms with van der Waals surface area (Å²) in [5.74, 6) is -3.08. The molecular weight excluding hydrogens is 368 g/mol. The third-order valence-electron chi connectivity index (χ3n) is 5.97. The van der Waals surface area contributed by atoms with Gasteiger partial charge in [0.05, 0.1) is 12.3 Å². The minimum Gasteiger partial charge on any atom is -0.481 e. The Kier molecular flexibility index (Phi) is 6.47. The van der Waals surface area contributed by atoms with Crippen LogP contribution in [0.15, 0.2) is 54.6 Å². The van der Waals surface area contributed by atoms with Crippen molar-refractivity contribution in [1.29, 1.82) is 0 Å². The number of benzene rings is 2. The quantitative estimate of drug-likeness (QED) is 0.649. The van der Waals surface area contributed by atoms with Crippen molar-refractivity contribution in [2.45, 2.75) is 44.9 Å². The molecule has 0 unspecified atom stereocenters. The van der Waals surface area contributed by atoms with E-state index in [0.29, 0.717) is 12.8 Å². The maximum Gasteiger partial charge on any atom is 0.307 e. The standard InChI is InChI=1S/C24H26O5/c25-21(24(16-22(26)27)12-4-5-13-24)15-20(23(28)29)14-17-8-10-19(11-9-17)18-6-2-1-3-7-18/h1-3,6-11,20H,4-5,12-16H2,(H,26,27)(H,28,29)/t20-/m0/s1. The summed E-state index contributed by atoms with van der Waals surface area (Å²) in [4.78, 5) is 36.0. The number of ketones is 1. The monoisotopic (exact) mass is 394 g/mol. The molecule has 1 aliphatic rings. The Morgan fingerprint density at radius 2 is 1.45 bits per heavy atom. The molecule has 0 spiro atoms. The van der Waals surface area contributed by atoms with Crippen LogP contribution in [0.3, 0.4) is 0 Å². The third kappa shape index (κ3) is 5.11. The lowest BCUT2D eigenvalue weighted by atomic mass is 9.75. The number of carboxylic acids is 2. The zero-order chi connectivity index (χ0) is 20.9. The summed E-state index contributed by atoms with van der Waals surface area (Å²) in [7, 11) is 0. The Bertz CT molecular complexity index is 864. The van der Waals surface area contributed by atoms with E-state index in [1.807, 2.05) is 54.6 Å². The molecule has 0 aromatic heterocycles. The largest absolute Gasteiger partial charge is 0.481 e. The average molecular weight is 394 g/mol. The van der Waals surface area contributed by atoms with E-state index in [0.717, 1.165) is 29.5 Å². The van der Waals surface area contributed by atoms with Gasteiger partial charge >= 0.3 is 11.9 Å². The van der Waals surface area contributed by atoms with Gasteiger partial charge in [0.1, 0.15) is 5.78 Å². The number of rotatable bonds is 9. The van der Waals surface area contributed by atoms with E-state index in [1.54, 1.807) is 0 Å². The smallest absolute Gasteiger partial charge is 0.307 e. The number of hydrogen-bond acceptors (Lipinski definition) is 3. The highest BCUT2D eigenvalue weighted by Gasteiger charge is 2.43. The van der Waals surface area contributed by atoms with Gasteiger partial charge in [-0.2, -0.15) is 0 Å². The molecule has 1 saturated carbocycles. The van der Waals surface area contributed by atoms with E-state index in [-0.39, 0.29) is 25.0 Å². The summed E-state index contributed by atoms with van der Waals surface area (Å²) >= 11 is 0. The lowest BCUT2D eigenvalue weighted by Crippen LogP contribution is -2.34. The van der Waals surface area contributed by atoms with Crippen LogP contribution in [0.25, 0.3) is 11.1 Å². The molecule has 2 aromatic carbocycles. The molecule has 0 radical (unpaired) electrons. The van der Waals surface area contributed by atoms with Crippen LogP contribution in [-0.4, -0.2) is 27.9 Å². The maximum absolute atomic E-state index is 12.9. The van der Waals surface area contributed by atoms with Crippen molar-refractivity contribution >= 4 is 17.7 Å². The van der Waals surface area contributed by atoms with Crippen molar-refractivity contribution in [1.82, 2.24) is 0 Å². The Morgan fingerprint density at radius 1 is 0.862 bits per heavy atom. The molecule has 152 valence electrons. The highest BCUT2D eigenvalue weighted by atomic mass is 16.4. The van der Waals surface area contributed by atoms with Crippen molar-refractivity contribution in [2.75, 3.05) is 0 Å². The molecule has 0 saturated heterocycles. The first kappa shape index (κ1) is 20.8. The number of carboxylic acid groups (broad SMARTS) is 2. The van der Waals surface area contributed by atoms with Crippen LogP contribution in [0, 0.1) is 11.3 Å². The van der Waals surface area contributed by atoms with E-state index in [2.05, 4.69) is 0 Å². The predicted molar refractivity (Wildman–Crippen MR) is 109 cm³/mol. The highest BCUT2D eigenvalue weighted by molar-refractivity contribution is 5.91. The van der Waals surface area contributed by atoms with Crippen LogP contribution in [0.5, 0.6) is 0 Å². The van der Waals surface area contributed by atoms with Gasteiger partial charge in [-0.05, 0) is 36.0 Å². The van der Waals surface area contributed by atoms with Crippen LogP contribution in [-0.2, 0) is 20.8 Å². The first-order chi connectivity index (χ1) is 13.9. The Balaban J connectivity index is 1.71. The van der Waals surface area contributed by atoms with E-state index >= 15 is 0 Å². The van der Waals surface area contributed by atoms with Crippen molar-refractivity contribution in [2.24, 2.45) is 11.3 Å². The van der Waals surface area contributed by atoms with Crippen molar-refractivity contribution in [3.63, 3.8) is 0 Å². The summed E-state index contributed by atoms with van der Waals surface area (Å²) in [6.07, 6.45) is 2.63. The fraction of sp³-hybridized carbons (Fsp3) is 0.375. The molecule has 29 heavy (non-hydrogen) atoms. The predicted octanol–water partition coefficient (Wildman–Crippen LogP) is 4.59. The fourth-order valence-corrected chi connectivity index (χ4v) is 4.33. The first-order valence-electron chi connectivity index (χ1n) is 10.0. The van der Waals surface area contributed by atoms with Gasteiger partial charge in [-0.3, -0.25) is 14.4 Å². The maximum atomic E-state index is 12.9. The van der Waals surface area contributed by atoms with Gasteiger partial charge in [0.15, 0.2) is 0 Å². The molecule has 5 heteroatoms. The van der Waals surface area contributed by atoms with E-state index in [4.69, 9.17) is 0 Å². The molecule has 0 heterocycles. The molecule has 1 aliphatic carbocycles. The average Bonchev–Trinajstić information content (AvgIpc) is 3.17. The van der Waals surface area contributed by atoms with E-state index < -0.39 is 23.3 Å². The minimum atomic E-state index is -1.02. The lowest BCUT2D eigenvalue weighted by Gasteiger charge is -2.27. The van der Waals surface area contributed by atoms with Crippen LogP contribution in [0.4, 0.5) is 0 Å². The Morgan fingerprint density at radius 3 is 2.00 bits per heavy atom. The molecule has 1 atom stereocenters. The summed E-state index contributed by atoms with van der Waals surface area (Å²) in [6, 6.07) is 17.6. The molecule has 0 aliphatic heterocycles. The van der Waals surface area contributed by atoms with Gasteiger partial charge in [-0.1, -0.05) is 67.4 Å². The summed E-state index contributed by atoms with van der Waals surface area (Å²) < 4.78 is 0. The van der Waals surface area contributed by atoms with Crippen molar-refractivity contribution < 1.29 is 24.6 Å². The molecule has 3 rings (SSSR count). The Labute approximate surface area is 170 Å². The van der Waals surface area contributed by atoms with Crippen LogP contribution in [0.2, 0.25) is 0 Å². The van der Waals surface area contributed by atoms with Crippen LogP contribution >= 0.6 is 0 Å². The molecule has 2 aromatic rings. The van der Waals surface area contributed by atoms with E-state index in [1.165, 1.54) is 0 Å². The van der Waals surface area contributed by atoms with Crippen LogP contribution < -0.4 is 0 Å². The van der Waals surface area contributed by atoms with Crippen molar-refractivity contribution in [3.05, 3.63) is 60.2 Å². The topological polar surface area (TPSA) is 91.7 Å². The number of Topliss-reactive ketones (excluding diaryl/α,β-unsaturated/α-hetero) is 1. The summed E-state index contributed by atoms with van der Waals surface area (Å²) in [5.41, 5.74) is 2.09. The second-order valence-electron chi connectivity index (χ2n) is 7.99. The molecule has 5 nitrogen and oxygen atoms in total. The molecular formula is C24H26O5. The molecule has 2 N–H and O–H groups in total. The summed E-state index contributed by atoms with van der Waals surface area (Å²) in [5, 5.41) is 18.9. The van der Waals surface area contributed by atoms with Crippen molar-refractivity contribution in [3.8, 4) is 11.1 Å². The molecule has 1 fully saturated rings. The zero-order valence-corrected chi connectivity index (χ0v) is 16.3. The molecule has 0 amide bonds. The van der Waals surface area contributed by atoms with Gasteiger partial charge in [-0.15, -0.1) is 0 Å². The van der Waals surface area contributed by atoms with Gasteiger partial charge in [0.2, 0.25) is 0 Å². The zero-order valence-electron chi connectivity index (χ0n) is 16.3. The SMILES string of the molecule is O=C(O)CC1(C(=O)C[C@H](Cc2ccc(-c3ccccc3)cc2)C(=O)O)CCCC1. The van der Waals surface area contributed by atoms with Gasteiger partial charge in [0, 0.05) is 11.8 Å². The highest BCUT2D eigenvalue weighted by Crippen LogP contribution is 2.43. The minimum absolute atomic E-state index is 0.122. The normalized spacial score (nSPS) is 16.3.